The largest absolute Gasteiger partial charge is 0.385 e. The van der Waals surface area contributed by atoms with Gasteiger partial charge in [-0.25, -0.2) is 0 Å². The van der Waals surface area contributed by atoms with Crippen LogP contribution in [0.3, 0.4) is 0 Å². The number of hydrogen-bond donors (Lipinski definition) is 1. The molecule has 0 bridgehead atoms. The number of aliphatic hydroxyl groups excluding tert-OH is 1. The fourth-order valence-electron chi connectivity index (χ4n) is 4.52. The van der Waals surface area contributed by atoms with Gasteiger partial charge < -0.3 is 9.84 Å². The minimum atomic E-state index is -0.445. The van der Waals surface area contributed by atoms with Crippen LogP contribution in [0, 0.1) is 5.92 Å². The molecule has 2 nitrogen and oxygen atoms in total. The van der Waals surface area contributed by atoms with Gasteiger partial charge in [-0.3, -0.25) is 0 Å². The quantitative estimate of drug-likeness (QED) is 0.174. The van der Waals surface area contributed by atoms with Crippen molar-refractivity contribution in [3.8, 4) is 0 Å². The van der Waals surface area contributed by atoms with Crippen molar-refractivity contribution < 1.29 is 9.84 Å². The number of aliphatic hydroxyl groups is 1. The second kappa shape index (κ2) is 17.3. The van der Waals surface area contributed by atoms with E-state index in [0.717, 1.165) is 31.4 Å². The molecule has 0 saturated carbocycles. The third-order valence-electron chi connectivity index (χ3n) is 7.23. The van der Waals surface area contributed by atoms with Gasteiger partial charge in [0, 0.05) is 6.61 Å². The Morgan fingerprint density at radius 2 is 1.61 bits per heavy atom. The summed E-state index contributed by atoms with van der Waals surface area (Å²) in [4.78, 5) is 0. The smallest absolute Gasteiger partial charge is 0.0997 e. The molecule has 1 aliphatic carbocycles. The monoisotopic (exact) mass is 458 g/mol. The summed E-state index contributed by atoms with van der Waals surface area (Å²) in [6, 6.07) is 0. The maximum absolute atomic E-state index is 10.4. The van der Waals surface area contributed by atoms with Crippen LogP contribution >= 0.6 is 0 Å². The first kappa shape index (κ1) is 29.9. The Bertz CT molecular complexity index is 664. The zero-order valence-electron chi connectivity index (χ0n) is 23.0. The lowest BCUT2D eigenvalue weighted by molar-refractivity contribution is 0.0887. The number of allylic oxidation sites excluding steroid dienone is 4. The van der Waals surface area contributed by atoms with E-state index in [0.29, 0.717) is 5.92 Å². The standard InChI is InChI=1S/C31H54O2/c1-8-10-12-15-24(3)16-13-17-25(4)18-14-19-26(5)20-21-29-23-30(32)27(6)28(7)31(29)33-22-11-9-2/h15,17,23,26,30-32H,8-14,16,18-22H2,1-7H3. The van der Waals surface area contributed by atoms with Crippen LogP contribution in [0.4, 0.5) is 0 Å². The first-order valence-electron chi connectivity index (χ1n) is 13.8. The molecule has 0 spiro atoms. The number of hydrogen-bond acceptors (Lipinski definition) is 2. The molecule has 1 N–H and O–H groups in total. The van der Waals surface area contributed by atoms with Gasteiger partial charge in [0.25, 0.3) is 0 Å². The van der Waals surface area contributed by atoms with Crippen LogP contribution in [-0.4, -0.2) is 23.9 Å². The van der Waals surface area contributed by atoms with Gasteiger partial charge in [0.05, 0.1) is 12.2 Å². The second-order valence-corrected chi connectivity index (χ2v) is 10.5. The molecule has 3 unspecified atom stereocenters. The average molecular weight is 459 g/mol. The summed E-state index contributed by atoms with van der Waals surface area (Å²) in [5, 5.41) is 10.4. The first-order valence-corrected chi connectivity index (χ1v) is 13.8. The van der Waals surface area contributed by atoms with Crippen LogP contribution in [0.1, 0.15) is 126 Å². The fraction of sp³-hybridized carbons (Fsp3) is 0.742. The zero-order valence-corrected chi connectivity index (χ0v) is 23.0. The number of ether oxygens (including phenoxy) is 1. The molecule has 190 valence electrons. The summed E-state index contributed by atoms with van der Waals surface area (Å²) in [6.07, 6.45) is 21.0. The zero-order chi connectivity index (χ0) is 24.6. The van der Waals surface area contributed by atoms with Gasteiger partial charge in [0.15, 0.2) is 0 Å². The maximum Gasteiger partial charge on any atom is 0.0997 e. The molecular weight excluding hydrogens is 404 g/mol. The summed E-state index contributed by atoms with van der Waals surface area (Å²) < 4.78 is 6.24. The van der Waals surface area contributed by atoms with Gasteiger partial charge in [-0.05, 0) is 108 Å². The number of rotatable bonds is 17. The van der Waals surface area contributed by atoms with Crippen LogP contribution < -0.4 is 0 Å². The van der Waals surface area contributed by atoms with Gasteiger partial charge in [-0.2, -0.15) is 0 Å². The van der Waals surface area contributed by atoms with Crippen molar-refractivity contribution in [3.63, 3.8) is 0 Å². The minimum Gasteiger partial charge on any atom is -0.385 e. The van der Waals surface area contributed by atoms with Crippen LogP contribution in [0.5, 0.6) is 0 Å². The predicted octanol–water partition coefficient (Wildman–Crippen LogP) is 9.26. The summed E-state index contributed by atoms with van der Waals surface area (Å²) >= 11 is 0. The Labute approximate surface area is 206 Å². The van der Waals surface area contributed by atoms with E-state index < -0.39 is 6.10 Å². The second-order valence-electron chi connectivity index (χ2n) is 10.5. The van der Waals surface area contributed by atoms with E-state index in [1.54, 1.807) is 11.1 Å². The highest BCUT2D eigenvalue weighted by atomic mass is 16.5. The molecule has 1 rings (SSSR count). The third-order valence-corrected chi connectivity index (χ3v) is 7.23. The lowest BCUT2D eigenvalue weighted by Crippen LogP contribution is -2.27. The van der Waals surface area contributed by atoms with Gasteiger partial charge in [-0.1, -0.05) is 69.8 Å². The molecule has 0 radical (unpaired) electrons. The molecule has 3 atom stereocenters. The van der Waals surface area contributed by atoms with Crippen LogP contribution in [0.2, 0.25) is 0 Å². The highest BCUT2D eigenvalue weighted by molar-refractivity contribution is 5.36. The van der Waals surface area contributed by atoms with Crippen molar-refractivity contribution in [1.29, 1.82) is 0 Å². The van der Waals surface area contributed by atoms with Crippen molar-refractivity contribution in [2.75, 3.05) is 6.61 Å². The molecule has 0 amide bonds. The third kappa shape index (κ3) is 12.2. The first-order chi connectivity index (χ1) is 15.8. The van der Waals surface area contributed by atoms with E-state index in [-0.39, 0.29) is 6.10 Å². The van der Waals surface area contributed by atoms with E-state index in [2.05, 4.69) is 59.8 Å². The van der Waals surface area contributed by atoms with Crippen molar-refractivity contribution in [2.24, 2.45) is 5.92 Å². The molecule has 0 saturated heterocycles. The lowest BCUT2D eigenvalue weighted by atomic mass is 9.85. The fourth-order valence-corrected chi connectivity index (χ4v) is 4.52. The maximum atomic E-state index is 10.4. The molecule has 0 aromatic heterocycles. The molecule has 1 aliphatic rings. The molecule has 0 aliphatic heterocycles. The van der Waals surface area contributed by atoms with Crippen LogP contribution in [-0.2, 0) is 4.74 Å². The van der Waals surface area contributed by atoms with Gasteiger partial charge in [0.2, 0.25) is 0 Å². The van der Waals surface area contributed by atoms with Crippen molar-refractivity contribution >= 4 is 0 Å². The number of unbranched alkanes of at least 4 members (excludes halogenated alkanes) is 3. The Morgan fingerprint density at radius 3 is 2.30 bits per heavy atom. The van der Waals surface area contributed by atoms with E-state index >= 15 is 0 Å². The summed E-state index contributed by atoms with van der Waals surface area (Å²) in [6.45, 7) is 16.4. The predicted molar refractivity (Wildman–Crippen MR) is 146 cm³/mol. The Hall–Kier alpha value is -1.12. The summed E-state index contributed by atoms with van der Waals surface area (Å²) in [5.74, 6) is 0.697. The SMILES string of the molecule is CCCCC=C(C)CCC=C(C)CCCC(C)CCC1=CC(O)C(C)=C(C)C1OCCCC. The molecule has 0 aromatic rings. The van der Waals surface area contributed by atoms with Gasteiger partial charge in [-0.15, -0.1) is 0 Å². The lowest BCUT2D eigenvalue weighted by Gasteiger charge is -2.30. The molecule has 2 heteroatoms. The minimum absolute atomic E-state index is 0.0665. The van der Waals surface area contributed by atoms with E-state index in [4.69, 9.17) is 4.74 Å². The molecule has 33 heavy (non-hydrogen) atoms. The van der Waals surface area contributed by atoms with E-state index in [9.17, 15) is 5.11 Å². The van der Waals surface area contributed by atoms with E-state index in [1.165, 1.54) is 68.9 Å². The molecule has 0 heterocycles. The van der Waals surface area contributed by atoms with Gasteiger partial charge in [0.1, 0.15) is 0 Å². The summed E-state index contributed by atoms with van der Waals surface area (Å²) in [7, 11) is 0. The van der Waals surface area contributed by atoms with Crippen LogP contribution in [0.25, 0.3) is 0 Å². The average Bonchev–Trinajstić information content (AvgIpc) is 2.78. The van der Waals surface area contributed by atoms with E-state index in [1.807, 2.05) is 6.92 Å². The van der Waals surface area contributed by atoms with Gasteiger partial charge >= 0.3 is 0 Å². The molecule has 0 fully saturated rings. The topological polar surface area (TPSA) is 29.5 Å². The summed E-state index contributed by atoms with van der Waals surface area (Å²) in [5.41, 5.74) is 6.64. The molecular formula is C31H54O2. The van der Waals surface area contributed by atoms with Crippen molar-refractivity contribution in [3.05, 3.63) is 46.1 Å². The van der Waals surface area contributed by atoms with Crippen molar-refractivity contribution in [1.82, 2.24) is 0 Å². The van der Waals surface area contributed by atoms with Crippen molar-refractivity contribution in [2.45, 2.75) is 138 Å². The van der Waals surface area contributed by atoms with Crippen LogP contribution in [0.15, 0.2) is 46.1 Å². The Morgan fingerprint density at radius 1 is 0.939 bits per heavy atom. The highest BCUT2D eigenvalue weighted by Crippen LogP contribution is 2.32. The Kier molecular flexibility index (Phi) is 15.7. The molecule has 0 aromatic carbocycles. The highest BCUT2D eigenvalue weighted by Gasteiger charge is 2.26. The Balaban J connectivity index is 2.39. The normalized spacial score (nSPS) is 20.9.